The number of carbonyl (C=O) groups excluding carboxylic acids is 2. The number of hydrogen-bond donors (Lipinski definition) is 2. The van der Waals surface area contributed by atoms with Gasteiger partial charge in [-0.1, -0.05) is 19.1 Å². The van der Waals surface area contributed by atoms with Gasteiger partial charge in [-0.15, -0.1) is 0 Å². The van der Waals surface area contributed by atoms with Crippen LogP contribution in [0.1, 0.15) is 30.4 Å². The van der Waals surface area contributed by atoms with Crippen molar-refractivity contribution in [1.29, 1.82) is 0 Å². The standard InChI is InChI=1S/C21H26F3N3O3/c1-2-19(28)26-18-5-3-4-16(18)20(29)25-15-7-6-14(17(12-15)21(22,23)24)13-27-8-10-30-11-9-27/h2,6-7,12,16,18H,1,3-5,8-11,13H2,(H,25,29)(H,26,28)/t16-,18-/m1/s1. The van der Waals surface area contributed by atoms with Crippen LogP contribution in [-0.4, -0.2) is 49.1 Å². The minimum atomic E-state index is -4.53. The first-order valence-corrected chi connectivity index (χ1v) is 10.0. The highest BCUT2D eigenvalue weighted by atomic mass is 19.4. The molecule has 2 N–H and O–H groups in total. The Bertz CT molecular complexity index is 791. The Labute approximate surface area is 173 Å². The van der Waals surface area contributed by atoms with Crippen LogP contribution in [0.3, 0.4) is 0 Å². The monoisotopic (exact) mass is 425 g/mol. The Kier molecular flexibility index (Phi) is 7.14. The zero-order chi connectivity index (χ0) is 21.7. The normalized spacial score (nSPS) is 22.5. The summed E-state index contributed by atoms with van der Waals surface area (Å²) < 4.78 is 46.2. The molecule has 9 heteroatoms. The lowest BCUT2D eigenvalue weighted by atomic mass is 10.0. The molecule has 1 aromatic rings. The molecule has 2 amide bonds. The number of halogens is 3. The molecule has 1 aliphatic carbocycles. The second kappa shape index (κ2) is 9.61. The molecule has 1 heterocycles. The number of rotatable bonds is 6. The van der Waals surface area contributed by atoms with E-state index in [-0.39, 0.29) is 29.7 Å². The lowest BCUT2D eigenvalue weighted by Crippen LogP contribution is -2.41. The Morgan fingerprint density at radius 1 is 1.23 bits per heavy atom. The van der Waals surface area contributed by atoms with E-state index >= 15 is 0 Å². The molecule has 2 fully saturated rings. The van der Waals surface area contributed by atoms with E-state index in [0.29, 0.717) is 39.1 Å². The van der Waals surface area contributed by atoms with E-state index in [9.17, 15) is 22.8 Å². The number of ether oxygens (including phenoxy) is 1. The van der Waals surface area contributed by atoms with E-state index in [0.717, 1.165) is 18.6 Å². The lowest BCUT2D eigenvalue weighted by molar-refractivity contribution is -0.138. The van der Waals surface area contributed by atoms with Gasteiger partial charge in [0, 0.05) is 31.4 Å². The smallest absolute Gasteiger partial charge is 0.379 e. The Balaban J connectivity index is 1.73. The van der Waals surface area contributed by atoms with Crippen molar-refractivity contribution in [2.75, 3.05) is 31.6 Å². The minimum absolute atomic E-state index is 0.0961. The predicted molar refractivity (Wildman–Crippen MR) is 106 cm³/mol. The third-order valence-corrected chi connectivity index (χ3v) is 5.55. The average Bonchev–Trinajstić information content (AvgIpc) is 3.17. The number of amides is 2. The summed E-state index contributed by atoms with van der Waals surface area (Å²) in [6, 6.07) is 3.55. The molecule has 6 nitrogen and oxygen atoms in total. The number of anilines is 1. The van der Waals surface area contributed by atoms with Gasteiger partial charge in [0.2, 0.25) is 11.8 Å². The number of nitrogens with zero attached hydrogens (tertiary/aromatic N) is 1. The van der Waals surface area contributed by atoms with Crippen molar-refractivity contribution in [1.82, 2.24) is 10.2 Å². The van der Waals surface area contributed by atoms with Gasteiger partial charge < -0.3 is 15.4 Å². The van der Waals surface area contributed by atoms with Crippen molar-refractivity contribution in [3.63, 3.8) is 0 Å². The molecule has 2 atom stereocenters. The largest absolute Gasteiger partial charge is 0.416 e. The molecule has 3 rings (SSSR count). The van der Waals surface area contributed by atoms with E-state index < -0.39 is 23.6 Å². The number of alkyl halides is 3. The first kappa shape index (κ1) is 22.3. The number of morpholine rings is 1. The molecule has 0 radical (unpaired) electrons. The van der Waals surface area contributed by atoms with Gasteiger partial charge in [0.25, 0.3) is 0 Å². The van der Waals surface area contributed by atoms with Crippen molar-refractivity contribution >= 4 is 17.5 Å². The van der Waals surface area contributed by atoms with Crippen LogP contribution in [0, 0.1) is 5.92 Å². The van der Waals surface area contributed by atoms with Crippen LogP contribution in [0.5, 0.6) is 0 Å². The molecule has 1 saturated carbocycles. The van der Waals surface area contributed by atoms with Crippen LogP contribution in [-0.2, 0) is 27.0 Å². The van der Waals surface area contributed by atoms with Crippen molar-refractivity contribution in [3.8, 4) is 0 Å². The van der Waals surface area contributed by atoms with Gasteiger partial charge in [0.05, 0.1) is 24.7 Å². The second-order valence-corrected chi connectivity index (χ2v) is 7.60. The van der Waals surface area contributed by atoms with Gasteiger partial charge in [-0.05, 0) is 36.6 Å². The zero-order valence-electron chi connectivity index (χ0n) is 16.6. The fraction of sp³-hybridized carbons (Fsp3) is 0.524. The molecule has 1 aliphatic heterocycles. The first-order chi connectivity index (χ1) is 14.3. The summed E-state index contributed by atoms with van der Waals surface area (Å²) in [5, 5.41) is 5.32. The quantitative estimate of drug-likeness (QED) is 0.688. The van der Waals surface area contributed by atoms with E-state index in [1.807, 2.05) is 4.90 Å². The predicted octanol–water partition coefficient (Wildman–Crippen LogP) is 2.95. The lowest BCUT2D eigenvalue weighted by Gasteiger charge is -2.28. The van der Waals surface area contributed by atoms with Crippen molar-refractivity contribution < 1.29 is 27.5 Å². The molecule has 0 bridgehead atoms. The van der Waals surface area contributed by atoms with E-state index in [1.54, 1.807) is 0 Å². The maximum atomic E-state index is 13.7. The molecule has 1 saturated heterocycles. The Morgan fingerprint density at radius 2 is 1.97 bits per heavy atom. The fourth-order valence-electron chi connectivity index (χ4n) is 3.98. The van der Waals surface area contributed by atoms with Gasteiger partial charge in [0.15, 0.2) is 0 Å². The molecule has 30 heavy (non-hydrogen) atoms. The van der Waals surface area contributed by atoms with Crippen LogP contribution >= 0.6 is 0 Å². The van der Waals surface area contributed by atoms with Crippen LogP contribution in [0.25, 0.3) is 0 Å². The number of hydrogen-bond acceptors (Lipinski definition) is 4. The summed E-state index contributed by atoms with van der Waals surface area (Å²) in [6.07, 6.45) is -1.43. The third kappa shape index (κ3) is 5.60. The van der Waals surface area contributed by atoms with Crippen molar-refractivity contribution in [2.24, 2.45) is 5.92 Å². The van der Waals surface area contributed by atoms with E-state index in [1.165, 1.54) is 12.1 Å². The number of benzene rings is 1. The van der Waals surface area contributed by atoms with Gasteiger partial charge >= 0.3 is 6.18 Å². The van der Waals surface area contributed by atoms with Crippen LogP contribution < -0.4 is 10.6 Å². The summed E-state index contributed by atoms with van der Waals surface area (Å²) in [7, 11) is 0. The van der Waals surface area contributed by atoms with Gasteiger partial charge in [-0.3, -0.25) is 14.5 Å². The Hall–Kier alpha value is -2.39. The molecule has 0 spiro atoms. The third-order valence-electron chi connectivity index (χ3n) is 5.55. The fourth-order valence-corrected chi connectivity index (χ4v) is 3.98. The number of nitrogens with one attached hydrogen (secondary N) is 2. The van der Waals surface area contributed by atoms with Gasteiger partial charge in [-0.25, -0.2) is 0 Å². The highest BCUT2D eigenvalue weighted by Gasteiger charge is 2.36. The highest BCUT2D eigenvalue weighted by Crippen LogP contribution is 2.35. The van der Waals surface area contributed by atoms with Crippen molar-refractivity contribution in [2.45, 2.75) is 38.0 Å². The minimum Gasteiger partial charge on any atom is -0.379 e. The maximum absolute atomic E-state index is 13.7. The SMILES string of the molecule is C=CC(=O)N[C@@H]1CCC[C@H]1C(=O)Nc1ccc(CN2CCOCC2)c(C(F)(F)F)c1. The molecule has 0 aromatic heterocycles. The van der Waals surface area contributed by atoms with Crippen LogP contribution in [0.4, 0.5) is 18.9 Å². The second-order valence-electron chi connectivity index (χ2n) is 7.60. The van der Waals surface area contributed by atoms with E-state index in [4.69, 9.17) is 4.74 Å². The average molecular weight is 425 g/mol. The van der Waals surface area contributed by atoms with Gasteiger partial charge in [0.1, 0.15) is 0 Å². The maximum Gasteiger partial charge on any atom is 0.416 e. The van der Waals surface area contributed by atoms with E-state index in [2.05, 4.69) is 17.2 Å². The molecular formula is C21H26F3N3O3. The van der Waals surface area contributed by atoms with Crippen molar-refractivity contribution in [3.05, 3.63) is 42.0 Å². The zero-order valence-corrected chi connectivity index (χ0v) is 16.6. The molecule has 2 aliphatic rings. The summed E-state index contributed by atoms with van der Waals surface area (Å²) in [5.74, 6) is -1.25. The number of carbonyl (C=O) groups is 2. The highest BCUT2D eigenvalue weighted by molar-refractivity contribution is 5.94. The molecule has 0 unspecified atom stereocenters. The van der Waals surface area contributed by atoms with Gasteiger partial charge in [-0.2, -0.15) is 13.2 Å². The summed E-state index contributed by atoms with van der Waals surface area (Å²) >= 11 is 0. The summed E-state index contributed by atoms with van der Waals surface area (Å²) in [4.78, 5) is 26.1. The van der Waals surface area contributed by atoms with Crippen LogP contribution in [0.15, 0.2) is 30.9 Å². The topological polar surface area (TPSA) is 70.7 Å². The summed E-state index contributed by atoms with van der Waals surface area (Å²) in [6.45, 7) is 5.72. The molecular weight excluding hydrogens is 399 g/mol. The Morgan fingerprint density at radius 3 is 2.63 bits per heavy atom. The molecule has 1 aromatic carbocycles. The molecule has 164 valence electrons. The van der Waals surface area contributed by atoms with Crippen LogP contribution in [0.2, 0.25) is 0 Å². The summed E-state index contributed by atoms with van der Waals surface area (Å²) in [5.41, 5.74) is -0.493. The first-order valence-electron chi connectivity index (χ1n) is 10.0.